The van der Waals surface area contributed by atoms with Crippen LogP contribution in [0.5, 0.6) is 11.5 Å². The highest BCUT2D eigenvalue weighted by Gasteiger charge is 2.16. The fourth-order valence-electron chi connectivity index (χ4n) is 1.98. The Balaban J connectivity index is 0.00000625. The smallest absolute Gasteiger partial charge is 0.387 e. The molecule has 0 heterocycles. The minimum absolute atomic E-state index is 0. The maximum Gasteiger partial charge on any atom is 0.387 e. The van der Waals surface area contributed by atoms with E-state index in [1.165, 1.54) is 7.11 Å². The normalized spacial score (nSPS) is 10.8. The number of aliphatic imine (C=N–C) groups is 1. The molecule has 1 aromatic carbocycles. The van der Waals surface area contributed by atoms with Gasteiger partial charge in [0.15, 0.2) is 17.5 Å². The van der Waals surface area contributed by atoms with Crippen molar-refractivity contribution in [2.75, 3.05) is 27.3 Å². The summed E-state index contributed by atoms with van der Waals surface area (Å²) in [7, 11) is 2.87. The summed E-state index contributed by atoms with van der Waals surface area (Å²) in [4.78, 5) is 15.1. The summed E-state index contributed by atoms with van der Waals surface area (Å²) in [6.45, 7) is -0.373. The largest absolute Gasteiger partial charge is 0.490 e. The number of benzene rings is 1. The van der Waals surface area contributed by atoms with Crippen LogP contribution < -0.4 is 20.1 Å². The fraction of sp³-hybridized carbons (Fsp3) is 0.500. The zero-order valence-corrected chi connectivity index (χ0v) is 17.2. The first-order valence-electron chi connectivity index (χ1n) is 7.72. The van der Waals surface area contributed by atoms with Crippen molar-refractivity contribution >= 4 is 35.9 Å². The van der Waals surface area contributed by atoms with Gasteiger partial charge < -0.3 is 24.8 Å². The molecule has 1 rings (SSSR count). The summed E-state index contributed by atoms with van der Waals surface area (Å²) in [5.41, 5.74) is 0.488. The molecule has 0 spiro atoms. The number of guanidine groups is 1. The molecule has 26 heavy (non-hydrogen) atoms. The number of carbonyl (C=O) groups excluding carboxylic acids is 1. The number of halogens is 3. The predicted molar refractivity (Wildman–Crippen MR) is 104 cm³/mol. The van der Waals surface area contributed by atoms with Gasteiger partial charge in [0.25, 0.3) is 0 Å². The summed E-state index contributed by atoms with van der Waals surface area (Å²) in [5.74, 6) is 0.293. The summed E-state index contributed by atoms with van der Waals surface area (Å²) in [6.07, 6.45) is 0.177. The number of hydrogen-bond donors (Lipinski definition) is 2. The Bertz CT molecular complexity index is 589. The van der Waals surface area contributed by atoms with Crippen LogP contribution in [-0.2, 0) is 16.1 Å². The Hall–Kier alpha value is -1.85. The standard InChI is InChI=1S/C16H23F2N3O4.HI/c1-4-24-12-7-5-6-11(14(12)25-15(17)18)10-21-16(19-2)20-9-8-13(22)23-3;/h5-7,15H,4,8-10H2,1-3H3,(H2,19,20,21);1H. The first kappa shape index (κ1) is 24.1. The maximum atomic E-state index is 12.7. The van der Waals surface area contributed by atoms with Crippen LogP contribution in [-0.4, -0.2) is 45.8 Å². The molecular formula is C16H24F2IN3O4. The molecular weight excluding hydrogens is 463 g/mol. The van der Waals surface area contributed by atoms with Crippen LogP contribution in [0, 0.1) is 0 Å². The van der Waals surface area contributed by atoms with Gasteiger partial charge in [0.1, 0.15) is 0 Å². The summed E-state index contributed by atoms with van der Waals surface area (Å²) in [6, 6.07) is 4.90. The molecule has 1 aromatic rings. The average molecular weight is 487 g/mol. The van der Waals surface area contributed by atoms with Crippen molar-refractivity contribution in [2.24, 2.45) is 4.99 Å². The van der Waals surface area contributed by atoms with Crippen LogP contribution in [0.15, 0.2) is 23.2 Å². The van der Waals surface area contributed by atoms with Gasteiger partial charge in [-0.25, -0.2) is 0 Å². The molecule has 0 radical (unpaired) electrons. The lowest BCUT2D eigenvalue weighted by Crippen LogP contribution is -2.38. The van der Waals surface area contributed by atoms with Crippen LogP contribution in [0.1, 0.15) is 18.9 Å². The summed E-state index contributed by atoms with van der Waals surface area (Å²) < 4.78 is 39.8. The molecule has 2 N–H and O–H groups in total. The molecule has 0 saturated heterocycles. The Morgan fingerprint density at radius 2 is 2.04 bits per heavy atom. The van der Waals surface area contributed by atoms with Gasteiger partial charge in [0.2, 0.25) is 0 Å². The number of carbonyl (C=O) groups is 1. The van der Waals surface area contributed by atoms with Crippen molar-refractivity contribution in [3.05, 3.63) is 23.8 Å². The van der Waals surface area contributed by atoms with Gasteiger partial charge >= 0.3 is 12.6 Å². The predicted octanol–water partition coefficient (Wildman–Crippen LogP) is 2.53. The van der Waals surface area contributed by atoms with E-state index >= 15 is 0 Å². The number of hydrogen-bond acceptors (Lipinski definition) is 5. The molecule has 0 aliphatic rings. The molecule has 0 unspecified atom stereocenters. The highest BCUT2D eigenvalue weighted by atomic mass is 127. The van der Waals surface area contributed by atoms with E-state index in [9.17, 15) is 13.6 Å². The van der Waals surface area contributed by atoms with Crippen LogP contribution in [0.2, 0.25) is 0 Å². The van der Waals surface area contributed by atoms with Gasteiger partial charge in [0.05, 0.1) is 20.1 Å². The van der Waals surface area contributed by atoms with Crippen molar-refractivity contribution in [2.45, 2.75) is 26.5 Å². The maximum absolute atomic E-state index is 12.7. The number of rotatable bonds is 9. The van der Waals surface area contributed by atoms with E-state index in [1.807, 2.05) is 0 Å². The number of para-hydroxylation sites is 1. The first-order chi connectivity index (χ1) is 12.0. The lowest BCUT2D eigenvalue weighted by atomic mass is 10.2. The molecule has 0 amide bonds. The Morgan fingerprint density at radius 1 is 1.31 bits per heavy atom. The van der Waals surface area contributed by atoms with Gasteiger partial charge in [-0.05, 0) is 13.0 Å². The van der Waals surface area contributed by atoms with E-state index in [1.54, 1.807) is 32.2 Å². The van der Waals surface area contributed by atoms with E-state index in [0.717, 1.165) is 0 Å². The van der Waals surface area contributed by atoms with Crippen molar-refractivity contribution in [3.63, 3.8) is 0 Å². The Kier molecular flexibility index (Phi) is 12.4. The van der Waals surface area contributed by atoms with E-state index in [-0.39, 0.29) is 54.4 Å². The van der Waals surface area contributed by atoms with Crippen molar-refractivity contribution < 1.29 is 27.8 Å². The second-order valence-electron chi connectivity index (χ2n) is 4.73. The van der Waals surface area contributed by atoms with Gasteiger partial charge in [0, 0.05) is 25.7 Å². The second-order valence-corrected chi connectivity index (χ2v) is 4.73. The van der Waals surface area contributed by atoms with Crippen LogP contribution >= 0.6 is 24.0 Å². The van der Waals surface area contributed by atoms with Crippen molar-refractivity contribution in [3.8, 4) is 11.5 Å². The number of methoxy groups -OCH3 is 1. The Labute approximate surface area is 168 Å². The van der Waals surface area contributed by atoms with Crippen molar-refractivity contribution in [1.29, 1.82) is 0 Å². The molecule has 10 heteroatoms. The SMILES string of the molecule is CCOc1cccc(CNC(=NC)NCCC(=O)OC)c1OC(F)F.I. The monoisotopic (exact) mass is 487 g/mol. The number of nitrogens with zero attached hydrogens (tertiary/aromatic N) is 1. The summed E-state index contributed by atoms with van der Waals surface area (Å²) in [5, 5.41) is 5.89. The molecule has 0 fully saturated rings. The lowest BCUT2D eigenvalue weighted by molar-refractivity contribution is -0.140. The van der Waals surface area contributed by atoms with Crippen LogP contribution in [0.25, 0.3) is 0 Å². The van der Waals surface area contributed by atoms with E-state index < -0.39 is 6.61 Å². The zero-order valence-electron chi connectivity index (χ0n) is 14.9. The highest BCUT2D eigenvalue weighted by molar-refractivity contribution is 14.0. The number of alkyl halides is 2. The minimum atomic E-state index is -2.96. The lowest BCUT2D eigenvalue weighted by Gasteiger charge is -2.17. The number of nitrogens with one attached hydrogen (secondary N) is 2. The number of ether oxygens (including phenoxy) is 3. The number of esters is 1. The van der Waals surface area contributed by atoms with E-state index in [0.29, 0.717) is 24.7 Å². The summed E-state index contributed by atoms with van der Waals surface area (Å²) >= 11 is 0. The van der Waals surface area contributed by atoms with Gasteiger partial charge in [-0.1, -0.05) is 12.1 Å². The average Bonchev–Trinajstić information content (AvgIpc) is 2.59. The van der Waals surface area contributed by atoms with Gasteiger partial charge in [-0.3, -0.25) is 9.79 Å². The molecule has 0 aromatic heterocycles. The molecule has 0 atom stereocenters. The third kappa shape index (κ3) is 8.50. The highest BCUT2D eigenvalue weighted by Crippen LogP contribution is 2.32. The van der Waals surface area contributed by atoms with Crippen LogP contribution in [0.3, 0.4) is 0 Å². The van der Waals surface area contributed by atoms with Crippen molar-refractivity contribution in [1.82, 2.24) is 10.6 Å². The van der Waals surface area contributed by atoms with Gasteiger partial charge in [-0.15, -0.1) is 24.0 Å². The first-order valence-corrected chi connectivity index (χ1v) is 7.72. The van der Waals surface area contributed by atoms with E-state index in [4.69, 9.17) is 4.74 Å². The minimum Gasteiger partial charge on any atom is -0.490 e. The molecule has 0 saturated carbocycles. The Morgan fingerprint density at radius 3 is 2.62 bits per heavy atom. The molecule has 0 aliphatic heterocycles. The third-order valence-corrected chi connectivity index (χ3v) is 3.09. The van der Waals surface area contributed by atoms with Gasteiger partial charge in [-0.2, -0.15) is 8.78 Å². The fourth-order valence-corrected chi connectivity index (χ4v) is 1.98. The zero-order chi connectivity index (χ0) is 18.7. The second kappa shape index (κ2) is 13.4. The molecule has 0 bridgehead atoms. The molecule has 0 aliphatic carbocycles. The van der Waals surface area contributed by atoms with E-state index in [2.05, 4.69) is 25.1 Å². The molecule has 7 nitrogen and oxygen atoms in total. The quantitative estimate of drug-likeness (QED) is 0.241. The topological polar surface area (TPSA) is 81.2 Å². The third-order valence-electron chi connectivity index (χ3n) is 3.09. The van der Waals surface area contributed by atoms with Crippen LogP contribution in [0.4, 0.5) is 8.78 Å². The molecule has 148 valence electrons.